The van der Waals surface area contributed by atoms with Crippen molar-refractivity contribution in [2.45, 2.75) is 32.7 Å². The van der Waals surface area contributed by atoms with Gasteiger partial charge in [0, 0.05) is 18.3 Å². The molecule has 0 saturated carbocycles. The van der Waals surface area contributed by atoms with Gasteiger partial charge in [0.25, 0.3) is 0 Å². The summed E-state index contributed by atoms with van der Waals surface area (Å²) in [5.41, 5.74) is 2.37. The minimum absolute atomic E-state index is 0.388. The third-order valence-corrected chi connectivity index (χ3v) is 4.72. The fourth-order valence-corrected chi connectivity index (χ4v) is 3.23. The number of nitrogens with zero attached hydrogens (tertiary/aromatic N) is 3. The SMILES string of the molecule is Cc1cc(NCC(c2ccccc2)N2CCC(C)CC2)ncn1. The van der Waals surface area contributed by atoms with Crippen molar-refractivity contribution in [3.63, 3.8) is 0 Å². The van der Waals surface area contributed by atoms with Gasteiger partial charge in [-0.2, -0.15) is 0 Å². The first-order chi connectivity index (χ1) is 11.2. The number of aryl methyl sites for hydroxylation is 1. The highest BCUT2D eigenvalue weighted by molar-refractivity contribution is 5.35. The summed E-state index contributed by atoms with van der Waals surface area (Å²) < 4.78 is 0. The number of benzene rings is 1. The van der Waals surface area contributed by atoms with E-state index in [1.807, 2.05) is 13.0 Å². The van der Waals surface area contributed by atoms with Gasteiger partial charge in [-0.05, 0) is 44.3 Å². The van der Waals surface area contributed by atoms with Crippen LogP contribution in [0.5, 0.6) is 0 Å². The number of hydrogen-bond donors (Lipinski definition) is 1. The number of rotatable bonds is 5. The quantitative estimate of drug-likeness (QED) is 0.915. The molecule has 1 saturated heterocycles. The van der Waals surface area contributed by atoms with Crippen LogP contribution in [-0.2, 0) is 0 Å². The Balaban J connectivity index is 1.73. The molecular weight excluding hydrogens is 284 g/mol. The van der Waals surface area contributed by atoms with Gasteiger partial charge in [-0.3, -0.25) is 4.90 Å². The predicted molar refractivity (Wildman–Crippen MR) is 94.4 cm³/mol. The zero-order valence-electron chi connectivity index (χ0n) is 14.1. The maximum absolute atomic E-state index is 4.32. The van der Waals surface area contributed by atoms with E-state index in [1.165, 1.54) is 31.5 Å². The van der Waals surface area contributed by atoms with Gasteiger partial charge in [-0.1, -0.05) is 37.3 Å². The molecule has 4 nitrogen and oxygen atoms in total. The normalized spacial score (nSPS) is 17.8. The van der Waals surface area contributed by atoms with Gasteiger partial charge in [-0.25, -0.2) is 9.97 Å². The van der Waals surface area contributed by atoms with E-state index in [2.05, 4.69) is 57.4 Å². The van der Waals surface area contributed by atoms with Gasteiger partial charge >= 0.3 is 0 Å². The molecule has 1 fully saturated rings. The number of aromatic nitrogens is 2. The summed E-state index contributed by atoms with van der Waals surface area (Å²) in [5, 5.41) is 3.50. The van der Waals surface area contributed by atoms with E-state index in [4.69, 9.17) is 0 Å². The molecule has 4 heteroatoms. The van der Waals surface area contributed by atoms with Crippen LogP contribution in [0.25, 0.3) is 0 Å². The Bertz CT molecular complexity index is 606. The molecule has 1 aromatic heterocycles. The molecule has 0 bridgehead atoms. The van der Waals surface area contributed by atoms with Crippen LogP contribution in [0.1, 0.15) is 37.1 Å². The maximum Gasteiger partial charge on any atom is 0.129 e. The van der Waals surface area contributed by atoms with E-state index in [9.17, 15) is 0 Å². The van der Waals surface area contributed by atoms with Gasteiger partial charge in [0.1, 0.15) is 12.1 Å². The first-order valence-electron chi connectivity index (χ1n) is 8.54. The van der Waals surface area contributed by atoms with Crippen molar-refractivity contribution in [1.29, 1.82) is 0 Å². The number of piperidine rings is 1. The third-order valence-electron chi connectivity index (χ3n) is 4.72. The summed E-state index contributed by atoms with van der Waals surface area (Å²) in [5.74, 6) is 1.75. The molecule has 0 aliphatic carbocycles. The van der Waals surface area contributed by atoms with Crippen molar-refractivity contribution < 1.29 is 0 Å². The summed E-state index contributed by atoms with van der Waals surface area (Å²) >= 11 is 0. The standard InChI is InChI=1S/C19H26N4/c1-15-8-10-23(11-9-15)18(17-6-4-3-5-7-17)13-20-19-12-16(2)21-14-22-19/h3-7,12,14-15,18H,8-11,13H2,1-2H3,(H,20,21,22). The molecule has 3 rings (SSSR count). The van der Waals surface area contributed by atoms with Gasteiger partial charge < -0.3 is 5.32 Å². The van der Waals surface area contributed by atoms with Crippen LogP contribution < -0.4 is 5.32 Å². The van der Waals surface area contributed by atoms with E-state index >= 15 is 0 Å². The minimum atomic E-state index is 0.388. The number of anilines is 1. The monoisotopic (exact) mass is 310 g/mol. The van der Waals surface area contributed by atoms with E-state index in [1.54, 1.807) is 6.33 Å². The lowest BCUT2D eigenvalue weighted by Crippen LogP contribution is -2.39. The average molecular weight is 310 g/mol. The molecule has 0 spiro atoms. The lowest BCUT2D eigenvalue weighted by Gasteiger charge is -2.37. The fraction of sp³-hybridized carbons (Fsp3) is 0.474. The van der Waals surface area contributed by atoms with Crippen molar-refractivity contribution in [1.82, 2.24) is 14.9 Å². The van der Waals surface area contributed by atoms with Crippen LogP contribution in [0.4, 0.5) is 5.82 Å². The van der Waals surface area contributed by atoms with Gasteiger partial charge in [0.2, 0.25) is 0 Å². The highest BCUT2D eigenvalue weighted by Crippen LogP contribution is 2.27. The summed E-state index contributed by atoms with van der Waals surface area (Å²) in [6.07, 6.45) is 4.20. The molecule has 0 radical (unpaired) electrons. The summed E-state index contributed by atoms with van der Waals surface area (Å²) in [6, 6.07) is 13.2. The van der Waals surface area contributed by atoms with Gasteiger partial charge in [-0.15, -0.1) is 0 Å². The number of hydrogen-bond acceptors (Lipinski definition) is 4. The third kappa shape index (κ3) is 4.29. The zero-order valence-corrected chi connectivity index (χ0v) is 14.1. The Labute approximate surface area is 139 Å². The molecule has 1 unspecified atom stereocenters. The fourth-order valence-electron chi connectivity index (χ4n) is 3.23. The summed E-state index contributed by atoms with van der Waals surface area (Å²) in [6.45, 7) is 7.57. The average Bonchev–Trinajstić information content (AvgIpc) is 2.58. The Morgan fingerprint density at radius 2 is 1.91 bits per heavy atom. The smallest absolute Gasteiger partial charge is 0.129 e. The Hall–Kier alpha value is -1.94. The van der Waals surface area contributed by atoms with Crippen molar-refractivity contribution >= 4 is 5.82 Å². The van der Waals surface area contributed by atoms with E-state index in [0.29, 0.717) is 6.04 Å². The van der Waals surface area contributed by atoms with Gasteiger partial charge in [0.05, 0.1) is 6.04 Å². The van der Waals surface area contributed by atoms with E-state index in [0.717, 1.165) is 24.0 Å². The topological polar surface area (TPSA) is 41.0 Å². The van der Waals surface area contributed by atoms with Crippen molar-refractivity contribution in [2.75, 3.05) is 25.0 Å². The Kier molecular flexibility index (Phi) is 5.23. The van der Waals surface area contributed by atoms with Crippen LogP contribution >= 0.6 is 0 Å². The van der Waals surface area contributed by atoms with Crippen molar-refractivity contribution in [2.24, 2.45) is 5.92 Å². The van der Waals surface area contributed by atoms with Gasteiger partial charge in [0.15, 0.2) is 0 Å². The van der Waals surface area contributed by atoms with Crippen molar-refractivity contribution in [3.05, 3.63) is 54.0 Å². The van der Waals surface area contributed by atoms with Crippen LogP contribution in [0, 0.1) is 12.8 Å². The Morgan fingerprint density at radius 3 is 2.61 bits per heavy atom. The molecule has 2 aromatic rings. The molecule has 0 amide bonds. The second-order valence-corrected chi connectivity index (χ2v) is 6.57. The van der Waals surface area contributed by atoms with Crippen molar-refractivity contribution in [3.8, 4) is 0 Å². The summed E-state index contributed by atoms with van der Waals surface area (Å²) in [4.78, 5) is 11.1. The van der Waals surface area contributed by atoms with E-state index < -0.39 is 0 Å². The van der Waals surface area contributed by atoms with Crippen LogP contribution in [-0.4, -0.2) is 34.5 Å². The molecule has 23 heavy (non-hydrogen) atoms. The molecule has 1 aromatic carbocycles. The van der Waals surface area contributed by atoms with Crippen LogP contribution in [0.2, 0.25) is 0 Å². The molecule has 1 aliphatic heterocycles. The van der Waals surface area contributed by atoms with Crippen LogP contribution in [0.3, 0.4) is 0 Å². The number of likely N-dealkylation sites (tertiary alicyclic amines) is 1. The minimum Gasteiger partial charge on any atom is -0.368 e. The molecule has 122 valence electrons. The molecule has 2 heterocycles. The first kappa shape index (κ1) is 15.9. The zero-order chi connectivity index (χ0) is 16.1. The second kappa shape index (κ2) is 7.55. The second-order valence-electron chi connectivity index (χ2n) is 6.57. The largest absolute Gasteiger partial charge is 0.368 e. The van der Waals surface area contributed by atoms with E-state index in [-0.39, 0.29) is 0 Å². The first-order valence-corrected chi connectivity index (χ1v) is 8.54. The molecule has 1 aliphatic rings. The summed E-state index contributed by atoms with van der Waals surface area (Å²) in [7, 11) is 0. The highest BCUT2D eigenvalue weighted by atomic mass is 15.2. The lowest BCUT2D eigenvalue weighted by atomic mass is 9.95. The highest BCUT2D eigenvalue weighted by Gasteiger charge is 2.24. The number of nitrogens with one attached hydrogen (secondary N) is 1. The Morgan fingerprint density at radius 1 is 1.17 bits per heavy atom. The van der Waals surface area contributed by atoms with Crippen LogP contribution in [0.15, 0.2) is 42.7 Å². The lowest BCUT2D eigenvalue weighted by molar-refractivity contribution is 0.143. The molecule has 1 atom stereocenters. The molecular formula is C19H26N4. The maximum atomic E-state index is 4.32. The molecule has 1 N–H and O–H groups in total. The predicted octanol–water partition coefficient (Wildman–Crippen LogP) is 3.67.